The average Bonchev–Trinajstić information content (AvgIpc) is 2.37. The lowest BCUT2D eigenvalue weighted by Gasteiger charge is -2.05. The number of nitrogens with zero attached hydrogens (tertiary/aromatic N) is 1. The van der Waals surface area contributed by atoms with Crippen LogP contribution >= 0.6 is 0 Å². The molecule has 0 aliphatic carbocycles. The normalized spacial score (nSPS) is 10.8. The van der Waals surface area contributed by atoms with Crippen LogP contribution in [0.15, 0.2) is 23.4 Å². The van der Waals surface area contributed by atoms with Crippen LogP contribution < -0.4 is 4.72 Å². The Balaban J connectivity index is 2.88. The van der Waals surface area contributed by atoms with Gasteiger partial charge in [0.25, 0.3) is 0 Å². The van der Waals surface area contributed by atoms with Gasteiger partial charge in [0.2, 0.25) is 10.0 Å². The summed E-state index contributed by atoms with van der Waals surface area (Å²) in [6.45, 7) is 0.186. The van der Waals surface area contributed by atoms with E-state index in [9.17, 15) is 8.42 Å². The van der Waals surface area contributed by atoms with Gasteiger partial charge in [-0.1, -0.05) is 11.8 Å². The summed E-state index contributed by atoms with van der Waals surface area (Å²) in [5, 5.41) is 8.56. The predicted octanol–water partition coefficient (Wildman–Crippen LogP) is -0.650. The van der Waals surface area contributed by atoms with Crippen LogP contribution in [-0.4, -0.2) is 45.4 Å². The highest BCUT2D eigenvalue weighted by molar-refractivity contribution is 7.89. The third kappa shape index (κ3) is 4.43. The second kappa shape index (κ2) is 7.08. The summed E-state index contributed by atoms with van der Waals surface area (Å²) in [5.74, 6) is 5.02. The molecular weight excluding hydrogens is 256 g/mol. The van der Waals surface area contributed by atoms with Crippen LogP contribution in [0.1, 0.15) is 5.56 Å². The predicted molar refractivity (Wildman–Crippen MR) is 65.3 cm³/mol. The Labute approximate surface area is 106 Å². The van der Waals surface area contributed by atoms with Crippen LogP contribution in [0.2, 0.25) is 0 Å². The van der Waals surface area contributed by atoms with Gasteiger partial charge >= 0.3 is 0 Å². The Kier molecular flexibility index (Phi) is 5.74. The van der Waals surface area contributed by atoms with Crippen molar-refractivity contribution in [3.05, 3.63) is 24.0 Å². The summed E-state index contributed by atoms with van der Waals surface area (Å²) in [7, 11) is -2.12. The fraction of sp³-hybridized carbons (Fsp3) is 0.364. The highest BCUT2D eigenvalue weighted by Gasteiger charge is 2.13. The van der Waals surface area contributed by atoms with Gasteiger partial charge in [-0.25, -0.2) is 13.1 Å². The van der Waals surface area contributed by atoms with E-state index >= 15 is 0 Å². The number of methoxy groups -OCH3 is 1. The molecule has 0 aliphatic heterocycles. The Bertz CT molecular complexity index is 546. The SMILES string of the molecule is COCCNS(=O)(=O)c1cncc(C#CCO)c1. The first-order valence-corrected chi connectivity index (χ1v) is 6.62. The quantitative estimate of drug-likeness (QED) is 0.548. The van der Waals surface area contributed by atoms with Crippen LogP contribution in [0, 0.1) is 11.8 Å². The van der Waals surface area contributed by atoms with E-state index in [1.54, 1.807) is 0 Å². The van der Waals surface area contributed by atoms with Gasteiger partial charge in [-0.05, 0) is 6.07 Å². The van der Waals surface area contributed by atoms with Crippen molar-refractivity contribution in [1.82, 2.24) is 9.71 Å². The molecule has 7 heteroatoms. The molecule has 1 aromatic rings. The van der Waals surface area contributed by atoms with Gasteiger partial charge in [-0.2, -0.15) is 0 Å². The van der Waals surface area contributed by atoms with E-state index in [1.165, 1.54) is 25.6 Å². The molecule has 6 nitrogen and oxygen atoms in total. The molecule has 0 spiro atoms. The standard InChI is InChI=1S/C11H14N2O4S/c1-17-6-4-13-18(15,16)11-7-10(3-2-5-14)8-12-9-11/h7-9,13-14H,4-6H2,1H3. The third-order valence-corrected chi connectivity index (χ3v) is 3.36. The molecule has 98 valence electrons. The fourth-order valence-corrected chi connectivity index (χ4v) is 2.14. The molecule has 0 bridgehead atoms. The van der Waals surface area contributed by atoms with Crippen molar-refractivity contribution in [1.29, 1.82) is 0 Å². The number of nitrogens with one attached hydrogen (secondary N) is 1. The number of sulfonamides is 1. The summed E-state index contributed by atoms with van der Waals surface area (Å²) in [6, 6.07) is 1.39. The van der Waals surface area contributed by atoms with Gasteiger partial charge in [0.15, 0.2) is 0 Å². The van der Waals surface area contributed by atoms with E-state index in [1.807, 2.05) is 0 Å². The Hall–Kier alpha value is -1.46. The lowest BCUT2D eigenvalue weighted by atomic mass is 10.3. The number of pyridine rings is 1. The number of aliphatic hydroxyl groups is 1. The molecule has 1 aromatic heterocycles. The highest BCUT2D eigenvalue weighted by Crippen LogP contribution is 2.08. The first-order valence-electron chi connectivity index (χ1n) is 5.13. The van der Waals surface area contributed by atoms with Gasteiger partial charge in [0, 0.05) is 31.6 Å². The summed E-state index contributed by atoms with van der Waals surface area (Å²) in [4.78, 5) is 3.83. The average molecular weight is 270 g/mol. The first-order chi connectivity index (χ1) is 8.60. The molecule has 0 aliphatic rings. The second-order valence-corrected chi connectivity index (χ2v) is 5.03. The van der Waals surface area contributed by atoms with Gasteiger partial charge in [0.05, 0.1) is 6.61 Å². The summed E-state index contributed by atoms with van der Waals surface area (Å²) in [5.41, 5.74) is 0.429. The maximum atomic E-state index is 11.8. The molecule has 1 rings (SSSR count). The topological polar surface area (TPSA) is 88.5 Å². The zero-order chi connectivity index (χ0) is 13.4. The van der Waals surface area contributed by atoms with Crippen LogP contribution in [0.3, 0.4) is 0 Å². The Morgan fingerprint density at radius 1 is 1.50 bits per heavy atom. The summed E-state index contributed by atoms with van der Waals surface area (Å²) < 4.78 is 30.8. The van der Waals surface area contributed by atoms with E-state index in [0.717, 1.165) is 0 Å². The minimum Gasteiger partial charge on any atom is -0.384 e. The smallest absolute Gasteiger partial charge is 0.242 e. The zero-order valence-corrected chi connectivity index (χ0v) is 10.7. The van der Waals surface area contributed by atoms with Crippen molar-refractivity contribution in [2.75, 3.05) is 26.9 Å². The van der Waals surface area contributed by atoms with Crippen molar-refractivity contribution >= 4 is 10.0 Å². The number of rotatable bonds is 5. The van der Waals surface area contributed by atoms with Crippen LogP contribution in [-0.2, 0) is 14.8 Å². The molecule has 1 heterocycles. The molecule has 0 saturated heterocycles. The minimum absolute atomic E-state index is 0.0309. The van der Waals surface area contributed by atoms with Crippen molar-refractivity contribution in [2.24, 2.45) is 0 Å². The first kappa shape index (κ1) is 14.6. The maximum Gasteiger partial charge on any atom is 0.242 e. The van der Waals surface area contributed by atoms with Gasteiger partial charge in [-0.15, -0.1) is 0 Å². The van der Waals surface area contributed by atoms with Crippen molar-refractivity contribution in [3.8, 4) is 11.8 Å². The molecular formula is C11H14N2O4S. The third-order valence-electron chi connectivity index (χ3n) is 1.93. The van der Waals surface area contributed by atoms with E-state index in [2.05, 4.69) is 21.5 Å². The van der Waals surface area contributed by atoms with E-state index in [4.69, 9.17) is 9.84 Å². The monoisotopic (exact) mass is 270 g/mol. The van der Waals surface area contributed by atoms with Gasteiger partial charge in [-0.3, -0.25) is 4.98 Å². The molecule has 0 radical (unpaired) electrons. The zero-order valence-electron chi connectivity index (χ0n) is 9.88. The highest BCUT2D eigenvalue weighted by atomic mass is 32.2. The molecule has 0 aromatic carbocycles. The van der Waals surface area contributed by atoms with Crippen LogP contribution in [0.25, 0.3) is 0 Å². The molecule has 0 fully saturated rings. The summed E-state index contributed by atoms with van der Waals surface area (Å²) >= 11 is 0. The lowest BCUT2D eigenvalue weighted by molar-refractivity contribution is 0.204. The second-order valence-electron chi connectivity index (χ2n) is 3.26. The lowest BCUT2D eigenvalue weighted by Crippen LogP contribution is -2.27. The number of ether oxygens (including phenoxy) is 1. The number of aromatic nitrogens is 1. The molecule has 0 amide bonds. The molecule has 18 heavy (non-hydrogen) atoms. The fourth-order valence-electron chi connectivity index (χ4n) is 1.14. The van der Waals surface area contributed by atoms with Crippen LogP contribution in [0.4, 0.5) is 0 Å². The molecule has 0 unspecified atom stereocenters. The van der Waals surface area contributed by atoms with E-state index in [0.29, 0.717) is 5.56 Å². The molecule has 2 N–H and O–H groups in total. The Morgan fingerprint density at radius 2 is 2.28 bits per heavy atom. The number of hydrogen-bond acceptors (Lipinski definition) is 5. The van der Waals surface area contributed by atoms with Crippen molar-refractivity contribution < 1.29 is 18.3 Å². The largest absolute Gasteiger partial charge is 0.384 e. The van der Waals surface area contributed by atoms with E-state index in [-0.39, 0.29) is 24.7 Å². The Morgan fingerprint density at radius 3 is 2.94 bits per heavy atom. The van der Waals surface area contributed by atoms with Crippen LogP contribution in [0.5, 0.6) is 0 Å². The minimum atomic E-state index is -3.60. The molecule has 0 saturated carbocycles. The summed E-state index contributed by atoms with van der Waals surface area (Å²) in [6.07, 6.45) is 2.66. The maximum absolute atomic E-state index is 11.8. The number of aliphatic hydroxyl groups excluding tert-OH is 1. The van der Waals surface area contributed by atoms with Gasteiger partial charge in [0.1, 0.15) is 11.5 Å². The van der Waals surface area contributed by atoms with Crippen molar-refractivity contribution in [3.63, 3.8) is 0 Å². The molecule has 0 atom stereocenters. The van der Waals surface area contributed by atoms with Gasteiger partial charge < -0.3 is 9.84 Å². The van der Waals surface area contributed by atoms with Crippen molar-refractivity contribution in [2.45, 2.75) is 4.90 Å². The van der Waals surface area contributed by atoms with E-state index < -0.39 is 10.0 Å². The number of hydrogen-bond donors (Lipinski definition) is 2.